The minimum absolute atomic E-state index is 0.213. The summed E-state index contributed by atoms with van der Waals surface area (Å²) in [6.45, 7) is 0.558. The number of sulfonamides is 1. The first kappa shape index (κ1) is 18.3. The van der Waals surface area contributed by atoms with E-state index in [4.69, 9.17) is 4.74 Å². The van der Waals surface area contributed by atoms with Crippen LogP contribution in [-0.4, -0.2) is 27.0 Å². The maximum Gasteiger partial charge on any atom is 0.261 e. The van der Waals surface area contributed by atoms with Crippen molar-refractivity contribution in [2.24, 2.45) is 0 Å². The number of rotatable bonds is 5. The van der Waals surface area contributed by atoms with Crippen molar-refractivity contribution in [2.75, 3.05) is 16.6 Å². The highest BCUT2D eigenvalue weighted by Crippen LogP contribution is 2.21. The summed E-state index contributed by atoms with van der Waals surface area (Å²) < 4.78 is 58.1. The SMILES string of the molecule is O=C(Nc1ccc(NS(=O)(=O)c2ccc(F)c(F)c2)cc1)C1CCCO1. The van der Waals surface area contributed by atoms with Gasteiger partial charge < -0.3 is 10.1 Å². The lowest BCUT2D eigenvalue weighted by Gasteiger charge is -2.12. The Morgan fingerprint density at radius 1 is 1.04 bits per heavy atom. The van der Waals surface area contributed by atoms with Crippen molar-refractivity contribution in [3.05, 3.63) is 54.1 Å². The van der Waals surface area contributed by atoms with E-state index in [2.05, 4.69) is 10.0 Å². The minimum Gasteiger partial charge on any atom is -0.368 e. The lowest BCUT2D eigenvalue weighted by atomic mass is 10.2. The van der Waals surface area contributed by atoms with Crippen molar-refractivity contribution in [3.63, 3.8) is 0 Å². The number of carbonyl (C=O) groups excluding carboxylic acids is 1. The van der Waals surface area contributed by atoms with Gasteiger partial charge in [0.1, 0.15) is 6.10 Å². The van der Waals surface area contributed by atoms with Crippen LogP contribution in [-0.2, 0) is 19.6 Å². The van der Waals surface area contributed by atoms with Gasteiger partial charge in [-0.25, -0.2) is 17.2 Å². The van der Waals surface area contributed by atoms with E-state index in [1.165, 1.54) is 24.3 Å². The van der Waals surface area contributed by atoms with Crippen LogP contribution in [0.3, 0.4) is 0 Å². The second-order valence-electron chi connectivity index (χ2n) is 5.75. The van der Waals surface area contributed by atoms with Gasteiger partial charge in [0.2, 0.25) is 0 Å². The first-order chi connectivity index (χ1) is 12.3. The molecule has 1 fully saturated rings. The molecule has 0 spiro atoms. The highest BCUT2D eigenvalue weighted by Gasteiger charge is 2.23. The normalized spacial score (nSPS) is 17.1. The summed E-state index contributed by atoms with van der Waals surface area (Å²) >= 11 is 0. The fourth-order valence-electron chi connectivity index (χ4n) is 2.49. The summed E-state index contributed by atoms with van der Waals surface area (Å²) in [6, 6.07) is 8.26. The Balaban J connectivity index is 1.68. The molecule has 0 saturated carbocycles. The van der Waals surface area contributed by atoms with Gasteiger partial charge in [0, 0.05) is 18.0 Å². The minimum atomic E-state index is -4.07. The first-order valence-electron chi connectivity index (χ1n) is 7.85. The summed E-state index contributed by atoms with van der Waals surface area (Å²) in [5, 5.41) is 2.69. The van der Waals surface area contributed by atoms with Gasteiger partial charge in [-0.2, -0.15) is 0 Å². The monoisotopic (exact) mass is 382 g/mol. The van der Waals surface area contributed by atoms with Gasteiger partial charge in [-0.1, -0.05) is 0 Å². The molecule has 1 aliphatic rings. The molecule has 1 heterocycles. The maximum atomic E-state index is 13.2. The number of ether oxygens (including phenoxy) is 1. The number of hydrogen-bond acceptors (Lipinski definition) is 4. The lowest BCUT2D eigenvalue weighted by Crippen LogP contribution is -2.26. The Kier molecular flexibility index (Phi) is 5.19. The van der Waals surface area contributed by atoms with Crippen LogP contribution in [0, 0.1) is 11.6 Å². The van der Waals surface area contributed by atoms with E-state index in [0.717, 1.165) is 18.6 Å². The molecule has 1 aliphatic heterocycles. The molecule has 2 aromatic rings. The zero-order valence-corrected chi connectivity index (χ0v) is 14.4. The Hall–Kier alpha value is -2.52. The number of carbonyl (C=O) groups is 1. The zero-order chi connectivity index (χ0) is 18.7. The summed E-state index contributed by atoms with van der Waals surface area (Å²) in [4.78, 5) is 11.6. The first-order valence-corrected chi connectivity index (χ1v) is 9.34. The molecule has 1 atom stereocenters. The van der Waals surface area contributed by atoms with Crippen LogP contribution < -0.4 is 10.0 Å². The van der Waals surface area contributed by atoms with E-state index >= 15 is 0 Å². The van der Waals surface area contributed by atoms with Gasteiger partial charge in [0.05, 0.1) is 4.90 Å². The third-order valence-corrected chi connectivity index (χ3v) is 5.21. The smallest absolute Gasteiger partial charge is 0.261 e. The van der Waals surface area contributed by atoms with E-state index in [1.807, 2.05) is 0 Å². The molecule has 0 aromatic heterocycles. The second-order valence-corrected chi connectivity index (χ2v) is 7.43. The van der Waals surface area contributed by atoms with Crippen LogP contribution in [0.5, 0.6) is 0 Å². The van der Waals surface area contributed by atoms with Crippen molar-refractivity contribution >= 4 is 27.3 Å². The van der Waals surface area contributed by atoms with Crippen molar-refractivity contribution in [2.45, 2.75) is 23.8 Å². The number of halogens is 2. The van der Waals surface area contributed by atoms with Crippen LogP contribution in [0.1, 0.15) is 12.8 Å². The fraction of sp³-hybridized carbons (Fsp3) is 0.235. The average molecular weight is 382 g/mol. The molecule has 2 N–H and O–H groups in total. The molecule has 9 heteroatoms. The van der Waals surface area contributed by atoms with E-state index in [1.54, 1.807) is 0 Å². The lowest BCUT2D eigenvalue weighted by molar-refractivity contribution is -0.124. The molecule has 0 aliphatic carbocycles. The number of benzene rings is 2. The predicted octanol–water partition coefficient (Wildman–Crippen LogP) is 2.88. The summed E-state index contributed by atoms with van der Waals surface area (Å²) in [6.07, 6.45) is 1.03. The van der Waals surface area contributed by atoms with E-state index in [-0.39, 0.29) is 11.6 Å². The zero-order valence-electron chi connectivity index (χ0n) is 13.5. The third-order valence-electron chi connectivity index (χ3n) is 3.83. The highest BCUT2D eigenvalue weighted by atomic mass is 32.2. The molecule has 1 amide bonds. The van der Waals surface area contributed by atoms with E-state index < -0.39 is 32.7 Å². The number of anilines is 2. The molecular weight excluding hydrogens is 366 g/mol. The third kappa shape index (κ3) is 4.17. The van der Waals surface area contributed by atoms with Gasteiger partial charge in [-0.05, 0) is 55.3 Å². The van der Waals surface area contributed by atoms with Gasteiger partial charge in [0.15, 0.2) is 11.6 Å². The van der Waals surface area contributed by atoms with E-state index in [9.17, 15) is 22.0 Å². The molecule has 1 unspecified atom stereocenters. The molecular formula is C17H16F2N2O4S. The van der Waals surface area contributed by atoms with Gasteiger partial charge in [-0.15, -0.1) is 0 Å². The van der Waals surface area contributed by atoms with Crippen molar-refractivity contribution in [1.82, 2.24) is 0 Å². The number of amides is 1. The quantitative estimate of drug-likeness (QED) is 0.833. The van der Waals surface area contributed by atoms with Gasteiger partial charge in [0.25, 0.3) is 15.9 Å². The number of hydrogen-bond donors (Lipinski definition) is 2. The Morgan fingerprint density at radius 2 is 1.73 bits per heavy atom. The highest BCUT2D eigenvalue weighted by molar-refractivity contribution is 7.92. The van der Waals surface area contributed by atoms with Crippen LogP contribution in [0.15, 0.2) is 47.4 Å². The number of nitrogens with one attached hydrogen (secondary N) is 2. The van der Waals surface area contributed by atoms with E-state index in [0.29, 0.717) is 24.8 Å². The summed E-state index contributed by atoms with van der Waals surface area (Å²) in [7, 11) is -4.07. The molecule has 2 aromatic carbocycles. The standard InChI is InChI=1S/C17H16F2N2O4S/c18-14-8-7-13(10-15(14)19)26(23,24)21-12-5-3-11(4-6-12)20-17(22)16-2-1-9-25-16/h3-8,10,16,21H,1-2,9H2,(H,20,22). The Bertz CT molecular complexity index is 911. The summed E-state index contributed by atoms with van der Waals surface area (Å²) in [5.74, 6) is -2.63. The van der Waals surface area contributed by atoms with Gasteiger partial charge >= 0.3 is 0 Å². The largest absolute Gasteiger partial charge is 0.368 e. The van der Waals surface area contributed by atoms with Crippen LogP contribution in [0.2, 0.25) is 0 Å². The topological polar surface area (TPSA) is 84.5 Å². The second kappa shape index (κ2) is 7.38. The molecule has 26 heavy (non-hydrogen) atoms. The Morgan fingerprint density at radius 3 is 2.35 bits per heavy atom. The van der Waals surface area contributed by atoms with Gasteiger partial charge in [-0.3, -0.25) is 9.52 Å². The van der Waals surface area contributed by atoms with Crippen LogP contribution in [0.25, 0.3) is 0 Å². The molecule has 0 radical (unpaired) electrons. The average Bonchev–Trinajstić information content (AvgIpc) is 3.13. The molecule has 3 rings (SSSR count). The molecule has 1 saturated heterocycles. The Labute approximate surface area is 149 Å². The summed E-state index contributed by atoms with van der Waals surface area (Å²) in [5.41, 5.74) is 0.700. The molecule has 0 bridgehead atoms. The van der Waals surface area contributed by atoms with Crippen molar-refractivity contribution in [1.29, 1.82) is 0 Å². The van der Waals surface area contributed by atoms with Crippen molar-refractivity contribution < 1.29 is 26.7 Å². The van der Waals surface area contributed by atoms with Crippen LogP contribution in [0.4, 0.5) is 20.2 Å². The van der Waals surface area contributed by atoms with Crippen molar-refractivity contribution in [3.8, 4) is 0 Å². The molecule has 6 nitrogen and oxygen atoms in total. The fourth-order valence-corrected chi connectivity index (χ4v) is 3.56. The maximum absolute atomic E-state index is 13.2. The molecule has 138 valence electrons. The predicted molar refractivity (Wildman–Crippen MR) is 91.2 cm³/mol. The van der Waals surface area contributed by atoms with Crippen LogP contribution >= 0.6 is 0 Å².